The Bertz CT molecular complexity index is 1540. The number of furan rings is 1. The number of benzene rings is 3. The van der Waals surface area contributed by atoms with Gasteiger partial charge < -0.3 is 19.5 Å². The Kier molecular flexibility index (Phi) is 8.42. The van der Waals surface area contributed by atoms with Crippen molar-refractivity contribution in [2.24, 2.45) is 0 Å². The van der Waals surface area contributed by atoms with Crippen LogP contribution in [0.2, 0.25) is 5.02 Å². The lowest BCUT2D eigenvalue weighted by atomic mass is 10.2. The number of halogens is 2. The lowest BCUT2D eigenvalue weighted by Crippen LogP contribution is -2.48. The van der Waals surface area contributed by atoms with Crippen molar-refractivity contribution in [1.29, 1.82) is 0 Å². The van der Waals surface area contributed by atoms with Gasteiger partial charge in [0.1, 0.15) is 17.3 Å². The van der Waals surface area contributed by atoms with E-state index in [1.807, 2.05) is 47.4 Å². The van der Waals surface area contributed by atoms with Crippen molar-refractivity contribution < 1.29 is 18.4 Å². The van der Waals surface area contributed by atoms with Crippen LogP contribution >= 0.6 is 11.6 Å². The minimum atomic E-state index is -0.344. The van der Waals surface area contributed by atoms with Crippen molar-refractivity contribution in [1.82, 2.24) is 4.90 Å². The Morgan fingerprint density at radius 1 is 0.850 bits per heavy atom. The molecule has 1 aliphatic rings. The molecule has 202 valence electrons. The standard InChI is InChI=1S/C32H27ClFN3O3/c33-25-9-14-29(36-18-20-37(21-19-36)32(39)17-6-23-4-2-1-3-5-23)28(22-25)35-31(38)16-13-27-12-15-30(40-27)24-7-10-26(34)11-8-24/h1-17,22H,18-21H2,(H,35,38)/b16-13+,17-6+. The largest absolute Gasteiger partial charge is 0.457 e. The first kappa shape index (κ1) is 27.0. The maximum absolute atomic E-state index is 13.2. The number of carbonyl (C=O) groups is 2. The number of rotatable bonds is 7. The highest BCUT2D eigenvalue weighted by molar-refractivity contribution is 6.31. The summed E-state index contributed by atoms with van der Waals surface area (Å²) in [5, 5.41) is 3.41. The minimum absolute atomic E-state index is 0.0289. The van der Waals surface area contributed by atoms with Crippen molar-refractivity contribution in [3.8, 4) is 11.3 Å². The number of carbonyl (C=O) groups excluding carboxylic acids is 2. The van der Waals surface area contributed by atoms with Gasteiger partial charge in [-0.15, -0.1) is 0 Å². The van der Waals surface area contributed by atoms with E-state index in [1.165, 1.54) is 18.2 Å². The summed E-state index contributed by atoms with van der Waals surface area (Å²) < 4.78 is 18.9. The van der Waals surface area contributed by atoms with Gasteiger partial charge in [0, 0.05) is 48.9 Å². The lowest BCUT2D eigenvalue weighted by molar-refractivity contribution is -0.126. The van der Waals surface area contributed by atoms with Gasteiger partial charge in [0.25, 0.3) is 0 Å². The van der Waals surface area contributed by atoms with Crippen molar-refractivity contribution in [3.63, 3.8) is 0 Å². The van der Waals surface area contributed by atoms with Gasteiger partial charge >= 0.3 is 0 Å². The Morgan fingerprint density at radius 2 is 1.60 bits per heavy atom. The topological polar surface area (TPSA) is 65.8 Å². The van der Waals surface area contributed by atoms with E-state index < -0.39 is 0 Å². The molecule has 0 bridgehead atoms. The van der Waals surface area contributed by atoms with Gasteiger partial charge in [0.2, 0.25) is 11.8 Å². The summed E-state index contributed by atoms with van der Waals surface area (Å²) in [4.78, 5) is 29.4. The number of amides is 2. The summed E-state index contributed by atoms with van der Waals surface area (Å²) in [6, 6.07) is 24.6. The van der Waals surface area contributed by atoms with Gasteiger partial charge in [-0.1, -0.05) is 41.9 Å². The molecule has 2 amide bonds. The van der Waals surface area contributed by atoms with E-state index in [4.69, 9.17) is 16.0 Å². The first-order valence-corrected chi connectivity index (χ1v) is 13.2. The Balaban J connectivity index is 1.20. The Hall–Kier alpha value is -4.62. The molecule has 2 heterocycles. The van der Waals surface area contributed by atoms with Gasteiger partial charge in [0.15, 0.2) is 0 Å². The van der Waals surface area contributed by atoms with Crippen molar-refractivity contribution in [2.75, 3.05) is 36.4 Å². The monoisotopic (exact) mass is 555 g/mol. The van der Waals surface area contributed by atoms with E-state index in [0.717, 1.165) is 16.8 Å². The van der Waals surface area contributed by atoms with Crippen molar-refractivity contribution in [3.05, 3.63) is 119 Å². The molecule has 0 aliphatic carbocycles. The van der Waals surface area contributed by atoms with E-state index >= 15 is 0 Å². The van der Waals surface area contributed by atoms with Crippen LogP contribution in [0.5, 0.6) is 0 Å². The van der Waals surface area contributed by atoms with Crippen LogP contribution in [0, 0.1) is 5.82 Å². The highest BCUT2D eigenvalue weighted by Gasteiger charge is 2.22. The second-order valence-electron chi connectivity index (χ2n) is 9.25. The van der Waals surface area contributed by atoms with Crippen LogP contribution in [0.15, 0.2) is 101 Å². The predicted molar refractivity (Wildman–Crippen MR) is 157 cm³/mol. The zero-order valence-corrected chi connectivity index (χ0v) is 22.4. The molecule has 5 rings (SSSR count). The fourth-order valence-electron chi connectivity index (χ4n) is 4.43. The van der Waals surface area contributed by atoms with Crippen LogP contribution in [-0.4, -0.2) is 42.9 Å². The molecule has 40 heavy (non-hydrogen) atoms. The number of piperazine rings is 1. The fourth-order valence-corrected chi connectivity index (χ4v) is 4.60. The van der Waals surface area contributed by atoms with Crippen LogP contribution in [0.1, 0.15) is 11.3 Å². The zero-order chi connectivity index (χ0) is 27.9. The van der Waals surface area contributed by atoms with Crippen molar-refractivity contribution in [2.45, 2.75) is 0 Å². The molecule has 8 heteroatoms. The van der Waals surface area contributed by atoms with E-state index in [1.54, 1.807) is 48.6 Å². The average molecular weight is 556 g/mol. The van der Waals surface area contributed by atoms with E-state index in [9.17, 15) is 14.0 Å². The van der Waals surface area contributed by atoms with Crippen molar-refractivity contribution >= 4 is 46.9 Å². The maximum Gasteiger partial charge on any atom is 0.248 e. The first-order chi connectivity index (χ1) is 19.4. The number of hydrogen-bond donors (Lipinski definition) is 1. The number of hydrogen-bond acceptors (Lipinski definition) is 4. The lowest BCUT2D eigenvalue weighted by Gasteiger charge is -2.36. The minimum Gasteiger partial charge on any atom is -0.457 e. The van der Waals surface area contributed by atoms with Crippen LogP contribution in [0.25, 0.3) is 23.5 Å². The van der Waals surface area contributed by atoms with E-state index in [2.05, 4.69) is 10.2 Å². The summed E-state index contributed by atoms with van der Waals surface area (Å²) in [5.41, 5.74) is 3.13. The van der Waals surface area contributed by atoms with E-state index in [0.29, 0.717) is 48.4 Å². The van der Waals surface area contributed by atoms with Gasteiger partial charge in [-0.2, -0.15) is 0 Å². The molecule has 1 saturated heterocycles. The Morgan fingerprint density at radius 3 is 2.35 bits per heavy atom. The van der Waals surface area contributed by atoms with Gasteiger partial charge in [-0.3, -0.25) is 9.59 Å². The molecule has 0 saturated carbocycles. The van der Waals surface area contributed by atoms with Crippen LogP contribution in [0.4, 0.5) is 15.8 Å². The molecule has 1 aromatic heterocycles. The third-order valence-corrected chi connectivity index (χ3v) is 6.76. The predicted octanol–water partition coefficient (Wildman–Crippen LogP) is 6.75. The van der Waals surface area contributed by atoms with Gasteiger partial charge in [0.05, 0.1) is 11.4 Å². The highest BCUT2D eigenvalue weighted by Crippen LogP contribution is 2.30. The fraction of sp³-hybridized carbons (Fsp3) is 0.125. The summed E-state index contributed by atoms with van der Waals surface area (Å²) >= 11 is 6.25. The summed E-state index contributed by atoms with van der Waals surface area (Å²) in [5.74, 6) is 0.369. The molecule has 3 aromatic carbocycles. The van der Waals surface area contributed by atoms with Gasteiger partial charge in [-0.05, 0) is 72.3 Å². The third kappa shape index (κ3) is 6.87. The molecular weight excluding hydrogens is 529 g/mol. The molecule has 0 atom stereocenters. The Labute approximate surface area is 237 Å². The molecule has 0 spiro atoms. The summed E-state index contributed by atoms with van der Waals surface area (Å²) in [7, 11) is 0. The average Bonchev–Trinajstić information content (AvgIpc) is 3.45. The van der Waals surface area contributed by atoms with Gasteiger partial charge in [-0.25, -0.2) is 4.39 Å². The quantitative estimate of drug-likeness (QED) is 0.256. The summed E-state index contributed by atoms with van der Waals surface area (Å²) in [6.45, 7) is 2.35. The number of anilines is 2. The molecular formula is C32H27ClFN3O3. The zero-order valence-electron chi connectivity index (χ0n) is 21.6. The smallest absolute Gasteiger partial charge is 0.248 e. The molecule has 1 aliphatic heterocycles. The molecule has 4 aromatic rings. The third-order valence-electron chi connectivity index (χ3n) is 6.52. The SMILES string of the molecule is O=C(/C=C/c1ccc(-c2ccc(F)cc2)o1)Nc1cc(Cl)ccc1N1CCN(C(=O)/C=C/c2ccccc2)CC1. The molecule has 1 N–H and O–H groups in total. The second kappa shape index (κ2) is 12.5. The van der Waals surface area contributed by atoms with E-state index in [-0.39, 0.29) is 17.6 Å². The van der Waals surface area contributed by atoms with Crippen LogP contribution < -0.4 is 10.2 Å². The number of nitrogens with zero attached hydrogens (tertiary/aromatic N) is 2. The second-order valence-corrected chi connectivity index (χ2v) is 9.69. The number of nitrogens with one attached hydrogen (secondary N) is 1. The normalized spacial score (nSPS) is 13.8. The molecule has 0 unspecified atom stereocenters. The first-order valence-electron chi connectivity index (χ1n) is 12.9. The highest BCUT2D eigenvalue weighted by atomic mass is 35.5. The molecule has 1 fully saturated rings. The maximum atomic E-state index is 13.2. The molecule has 0 radical (unpaired) electrons. The summed E-state index contributed by atoms with van der Waals surface area (Å²) in [6.07, 6.45) is 6.38. The van der Waals surface area contributed by atoms with Crippen LogP contribution in [-0.2, 0) is 9.59 Å². The van der Waals surface area contributed by atoms with Crippen LogP contribution in [0.3, 0.4) is 0 Å². The molecule has 6 nitrogen and oxygen atoms in total.